The van der Waals surface area contributed by atoms with Gasteiger partial charge in [-0.2, -0.15) is 0 Å². The summed E-state index contributed by atoms with van der Waals surface area (Å²) < 4.78 is 0. The van der Waals surface area contributed by atoms with Crippen molar-refractivity contribution in [3.05, 3.63) is 47.8 Å². The molecule has 2 saturated heterocycles. The zero-order valence-corrected chi connectivity index (χ0v) is 19.1. The summed E-state index contributed by atoms with van der Waals surface area (Å²) in [5, 5.41) is 7.88. The number of urea groups is 1. The first-order chi connectivity index (χ1) is 15.6. The molecule has 0 bridgehead atoms. The topological polar surface area (TPSA) is 121 Å². The molecular formula is C24H29N5O4. The number of pyridine rings is 1. The SMILES string of the molecule is CC(C)(C)c1ccc(NC(=O)NCC2=CC3C(=O)N(C4CCC(=O)NC4=O)CC3C=C2)cn1. The molecule has 33 heavy (non-hydrogen) atoms. The van der Waals surface area contributed by atoms with Crippen LogP contribution in [0.3, 0.4) is 0 Å². The van der Waals surface area contributed by atoms with Gasteiger partial charge in [0.05, 0.1) is 17.8 Å². The highest BCUT2D eigenvalue weighted by molar-refractivity contribution is 6.02. The minimum Gasteiger partial charge on any atom is -0.334 e. The van der Waals surface area contributed by atoms with Crippen LogP contribution in [-0.2, 0) is 19.8 Å². The van der Waals surface area contributed by atoms with Gasteiger partial charge in [0.2, 0.25) is 17.7 Å². The van der Waals surface area contributed by atoms with Crippen molar-refractivity contribution in [1.82, 2.24) is 20.5 Å². The zero-order valence-electron chi connectivity index (χ0n) is 19.1. The summed E-state index contributed by atoms with van der Waals surface area (Å²) >= 11 is 0. The number of carbonyl (C=O) groups excluding carboxylic acids is 4. The number of rotatable bonds is 4. The van der Waals surface area contributed by atoms with Crippen molar-refractivity contribution in [2.75, 3.05) is 18.4 Å². The zero-order chi connectivity index (χ0) is 23.8. The minimum absolute atomic E-state index is 0.0205. The van der Waals surface area contributed by atoms with Crippen LogP contribution >= 0.6 is 0 Å². The van der Waals surface area contributed by atoms with Gasteiger partial charge in [0.1, 0.15) is 6.04 Å². The van der Waals surface area contributed by atoms with Crippen LogP contribution < -0.4 is 16.0 Å². The maximum Gasteiger partial charge on any atom is 0.319 e. The first-order valence-corrected chi connectivity index (χ1v) is 11.2. The molecule has 0 radical (unpaired) electrons. The molecule has 4 rings (SSSR count). The Hall–Kier alpha value is -3.49. The third kappa shape index (κ3) is 4.97. The van der Waals surface area contributed by atoms with Gasteiger partial charge in [-0.05, 0) is 24.1 Å². The fraction of sp³-hybridized carbons (Fsp3) is 0.458. The molecule has 3 unspecified atom stereocenters. The Kier molecular flexibility index (Phi) is 6.05. The molecule has 9 nitrogen and oxygen atoms in total. The van der Waals surface area contributed by atoms with E-state index in [1.165, 1.54) is 0 Å². The molecule has 3 N–H and O–H groups in total. The number of nitrogens with one attached hydrogen (secondary N) is 3. The summed E-state index contributed by atoms with van der Waals surface area (Å²) in [5.74, 6) is -1.21. The molecule has 174 valence electrons. The number of imide groups is 1. The van der Waals surface area contributed by atoms with Crippen molar-refractivity contribution in [3.8, 4) is 0 Å². The van der Waals surface area contributed by atoms with Gasteiger partial charge in [0, 0.05) is 36.5 Å². The summed E-state index contributed by atoms with van der Waals surface area (Å²) in [6.45, 7) is 6.94. The van der Waals surface area contributed by atoms with E-state index in [0.717, 1.165) is 11.3 Å². The van der Waals surface area contributed by atoms with E-state index >= 15 is 0 Å². The second-order valence-electron chi connectivity index (χ2n) is 9.74. The molecule has 1 aromatic heterocycles. The molecular weight excluding hydrogens is 422 g/mol. The minimum atomic E-state index is -0.603. The van der Waals surface area contributed by atoms with Crippen LogP contribution in [0.4, 0.5) is 10.5 Å². The van der Waals surface area contributed by atoms with Gasteiger partial charge in [-0.3, -0.25) is 24.7 Å². The van der Waals surface area contributed by atoms with Crippen molar-refractivity contribution >= 4 is 29.4 Å². The lowest BCUT2D eigenvalue weighted by Gasteiger charge is -2.29. The van der Waals surface area contributed by atoms with E-state index in [1.54, 1.807) is 11.1 Å². The van der Waals surface area contributed by atoms with Crippen molar-refractivity contribution in [1.29, 1.82) is 0 Å². The quantitative estimate of drug-likeness (QED) is 0.604. The molecule has 2 fully saturated rings. The van der Waals surface area contributed by atoms with Gasteiger partial charge in [-0.25, -0.2) is 4.79 Å². The van der Waals surface area contributed by atoms with E-state index in [2.05, 4.69) is 41.7 Å². The molecule has 0 saturated carbocycles. The Morgan fingerprint density at radius 1 is 1.24 bits per heavy atom. The molecule has 3 heterocycles. The molecule has 3 aliphatic rings. The lowest BCUT2D eigenvalue weighted by atomic mass is 9.88. The summed E-state index contributed by atoms with van der Waals surface area (Å²) in [5.41, 5.74) is 2.29. The highest BCUT2D eigenvalue weighted by atomic mass is 16.2. The third-order valence-electron chi connectivity index (χ3n) is 6.22. The number of nitrogens with zero attached hydrogens (tertiary/aromatic N) is 2. The van der Waals surface area contributed by atoms with Gasteiger partial charge < -0.3 is 15.5 Å². The van der Waals surface area contributed by atoms with E-state index in [0.29, 0.717) is 18.7 Å². The van der Waals surface area contributed by atoms with Crippen molar-refractivity contribution in [2.45, 2.75) is 45.1 Å². The van der Waals surface area contributed by atoms with Crippen molar-refractivity contribution in [2.24, 2.45) is 11.8 Å². The second-order valence-corrected chi connectivity index (χ2v) is 9.74. The standard InChI is InChI=1S/C24H29N5O4/c1-24(2,3)19-8-6-16(12-25-19)27-23(33)26-11-14-4-5-15-13-29(22(32)17(15)10-14)18-7-9-20(30)28-21(18)31/h4-6,8,10,12,15,17-18H,7,9,11,13H2,1-3H3,(H2,26,27,33)(H,28,30,31). The first-order valence-electron chi connectivity index (χ1n) is 11.2. The number of hydrogen-bond donors (Lipinski definition) is 3. The highest BCUT2D eigenvalue weighted by Gasteiger charge is 2.45. The van der Waals surface area contributed by atoms with Crippen LogP contribution in [0.1, 0.15) is 39.3 Å². The molecule has 0 spiro atoms. The first kappa shape index (κ1) is 22.7. The Bertz CT molecular complexity index is 1040. The average molecular weight is 452 g/mol. The van der Waals surface area contributed by atoms with Crippen molar-refractivity contribution in [3.63, 3.8) is 0 Å². The number of carbonyl (C=O) groups is 4. The predicted octanol–water partition coefficient (Wildman–Crippen LogP) is 1.88. The van der Waals surface area contributed by atoms with Crippen LogP contribution in [0.25, 0.3) is 0 Å². The Labute approximate surface area is 192 Å². The number of hydrogen-bond acceptors (Lipinski definition) is 5. The number of fused-ring (bicyclic) bond motifs is 1. The molecule has 9 heteroatoms. The van der Waals surface area contributed by atoms with E-state index in [-0.39, 0.29) is 48.1 Å². The largest absolute Gasteiger partial charge is 0.334 e. The summed E-state index contributed by atoms with van der Waals surface area (Å²) in [6, 6.07) is 2.74. The fourth-order valence-electron chi connectivity index (χ4n) is 4.36. The molecule has 1 aromatic rings. The fourth-order valence-corrected chi connectivity index (χ4v) is 4.36. The number of piperidine rings is 1. The smallest absolute Gasteiger partial charge is 0.319 e. The summed E-state index contributed by atoms with van der Waals surface area (Å²) in [4.78, 5) is 54.8. The van der Waals surface area contributed by atoms with Gasteiger partial charge >= 0.3 is 6.03 Å². The van der Waals surface area contributed by atoms with E-state index in [4.69, 9.17) is 0 Å². The average Bonchev–Trinajstić information content (AvgIpc) is 3.08. The lowest BCUT2D eigenvalue weighted by molar-refractivity contribution is -0.144. The van der Waals surface area contributed by atoms with Crippen LogP contribution in [0.5, 0.6) is 0 Å². The number of amides is 5. The lowest BCUT2D eigenvalue weighted by Crippen LogP contribution is -2.53. The normalized spacial score (nSPS) is 24.8. The van der Waals surface area contributed by atoms with Crippen molar-refractivity contribution < 1.29 is 19.2 Å². The van der Waals surface area contributed by atoms with Gasteiger partial charge in [-0.1, -0.05) is 39.0 Å². The maximum atomic E-state index is 13.0. The van der Waals surface area contributed by atoms with Gasteiger partial charge in [0.25, 0.3) is 0 Å². The van der Waals surface area contributed by atoms with E-state index < -0.39 is 11.9 Å². The molecule has 2 aliphatic heterocycles. The molecule has 1 aliphatic carbocycles. The van der Waals surface area contributed by atoms with E-state index in [9.17, 15) is 19.2 Å². The number of aromatic nitrogens is 1. The summed E-state index contributed by atoms with van der Waals surface area (Å²) in [6.07, 6.45) is 7.94. The number of anilines is 1. The molecule has 5 amide bonds. The highest BCUT2D eigenvalue weighted by Crippen LogP contribution is 2.34. The molecule has 3 atom stereocenters. The number of likely N-dealkylation sites (tertiary alicyclic amines) is 1. The Morgan fingerprint density at radius 3 is 2.70 bits per heavy atom. The maximum absolute atomic E-state index is 13.0. The Morgan fingerprint density at radius 2 is 2.03 bits per heavy atom. The van der Waals surface area contributed by atoms with E-state index in [1.807, 2.05) is 30.4 Å². The van der Waals surface area contributed by atoms with Gasteiger partial charge in [-0.15, -0.1) is 0 Å². The van der Waals surface area contributed by atoms with Gasteiger partial charge in [0.15, 0.2) is 0 Å². The van der Waals surface area contributed by atoms with Crippen LogP contribution in [0, 0.1) is 11.8 Å². The van der Waals surface area contributed by atoms with Crippen LogP contribution in [0.15, 0.2) is 42.1 Å². The Balaban J connectivity index is 1.32. The third-order valence-corrected chi connectivity index (χ3v) is 6.22. The predicted molar refractivity (Wildman–Crippen MR) is 122 cm³/mol. The summed E-state index contributed by atoms with van der Waals surface area (Å²) in [7, 11) is 0. The van der Waals surface area contributed by atoms with Crippen LogP contribution in [-0.4, -0.2) is 52.8 Å². The second kappa shape index (κ2) is 8.80. The molecule has 0 aromatic carbocycles. The van der Waals surface area contributed by atoms with Crippen LogP contribution in [0.2, 0.25) is 0 Å². The monoisotopic (exact) mass is 451 g/mol.